The van der Waals surface area contributed by atoms with Crippen molar-refractivity contribution in [2.45, 2.75) is 266 Å². The Morgan fingerprint density at radius 1 is 0.431 bits per heavy atom. The molecule has 0 spiro atoms. The summed E-state index contributed by atoms with van der Waals surface area (Å²) in [6, 6.07) is 4.47. The Labute approximate surface area is 655 Å². The van der Waals surface area contributed by atoms with Crippen molar-refractivity contribution in [3.8, 4) is 0 Å². The molecule has 36 atom stereocenters. The van der Waals surface area contributed by atoms with E-state index >= 15 is 0 Å². The average molecular weight is 1670 g/mol. The topological polar surface area (TPSA) is 768 Å². The van der Waals surface area contributed by atoms with Crippen LogP contribution in [0.3, 0.4) is 0 Å². The quantitative estimate of drug-likeness (QED) is 0.0392. The van der Waals surface area contributed by atoms with Crippen LogP contribution in [0.4, 0.5) is 11.6 Å². The Morgan fingerprint density at radius 2 is 0.776 bits per heavy atom. The number of unbranched alkanes of at least 4 members (excludes halogenated alkanes) is 2. The maximum Gasteiger partial charge on any atom is 0.326 e. The fourth-order valence-corrected chi connectivity index (χ4v) is 14.4. The van der Waals surface area contributed by atoms with E-state index < -0.39 is 296 Å². The number of rotatable bonds is 23. The maximum atomic E-state index is 13.6. The third-order valence-electron chi connectivity index (χ3n) is 20.9. The van der Waals surface area contributed by atoms with Crippen molar-refractivity contribution in [1.29, 1.82) is 0 Å². The number of hydrogen-bond acceptors (Lipinski definition) is 44. The highest BCUT2D eigenvalue weighted by atomic mass is 16.8. The van der Waals surface area contributed by atoms with Crippen LogP contribution in [0.2, 0.25) is 0 Å². The van der Waals surface area contributed by atoms with Gasteiger partial charge in [-0.05, 0) is 43.5 Å². The highest BCUT2D eigenvalue weighted by molar-refractivity contribution is 5.97. The highest BCUT2D eigenvalue weighted by Gasteiger charge is 2.60. The number of nitrogens with two attached hydrogens (primary N) is 1. The zero-order valence-electron chi connectivity index (χ0n) is 61.3. The number of carbonyl (C=O) groups excluding carboxylic acids is 3. The molecular weight excluding hydrogens is 1570 g/mol. The molecule has 1 aromatic carbocycles. The second kappa shape index (κ2) is 40.3. The Morgan fingerprint density at radius 3 is 1.13 bits per heavy atom. The molecule has 3 aromatic rings. The van der Waals surface area contributed by atoms with Crippen LogP contribution in [-0.4, -0.2) is 425 Å². The zero-order chi connectivity index (χ0) is 83.8. The Balaban J connectivity index is 0.740. The fourth-order valence-electron chi connectivity index (χ4n) is 14.4. The van der Waals surface area contributed by atoms with Gasteiger partial charge in [0.25, 0.3) is 11.5 Å². The molecule has 2 aromatic heterocycles. The predicted octanol–water partition coefficient (Wildman–Crippen LogP) is -14.5. The molecule has 21 aliphatic heterocycles. The zero-order valence-corrected chi connectivity index (χ0v) is 61.3. The summed E-state index contributed by atoms with van der Waals surface area (Å²) in [5.41, 5.74) is 6.03. The normalized spacial score (nSPS) is 40.7. The molecule has 21 fully saturated rings. The molecule has 21 saturated heterocycles. The molecule has 3 amide bonds. The number of aromatic nitrogens is 4. The fraction of sp³-hybridized carbons (Fsp3) is 0.761. The number of nitrogen functional groups attached to an aromatic ring is 1. The Hall–Kier alpha value is -6.44. The van der Waals surface area contributed by atoms with E-state index in [1.807, 2.05) is 0 Å². The number of benzene rings is 1. The van der Waals surface area contributed by atoms with Gasteiger partial charge in [-0.1, -0.05) is 6.42 Å². The number of carboxylic acids is 1. The van der Waals surface area contributed by atoms with E-state index in [-0.39, 0.29) is 67.9 Å². The second-order valence-electron chi connectivity index (χ2n) is 28.8. The molecule has 28 N–H and O–H groups in total. The van der Waals surface area contributed by atoms with Gasteiger partial charge in [-0.15, -0.1) is 0 Å². The average Bonchev–Trinajstić information content (AvgIpc) is 0.779. The lowest BCUT2D eigenvalue weighted by molar-refractivity contribution is -0.396. The van der Waals surface area contributed by atoms with Gasteiger partial charge < -0.3 is 201 Å². The molecule has 21 aliphatic rings. The third-order valence-corrected chi connectivity index (χ3v) is 20.9. The van der Waals surface area contributed by atoms with E-state index in [4.69, 9.17) is 72.0 Å². The van der Waals surface area contributed by atoms with Gasteiger partial charge in [0.1, 0.15) is 177 Å². The number of aliphatic carboxylic acids is 1. The van der Waals surface area contributed by atoms with Crippen LogP contribution in [0, 0.1) is 0 Å². The molecule has 0 saturated carbocycles. The lowest BCUT2D eigenvalue weighted by Crippen LogP contribution is -2.68. The summed E-state index contributed by atoms with van der Waals surface area (Å²) in [7, 11) is 0. The third kappa shape index (κ3) is 20.4. The lowest BCUT2D eigenvalue weighted by atomic mass is 9.95. The maximum absolute atomic E-state index is 13.6. The summed E-state index contributed by atoms with van der Waals surface area (Å²) in [6.07, 6.45) is -71.7. The van der Waals surface area contributed by atoms with E-state index in [2.05, 4.69) is 41.2 Å². The van der Waals surface area contributed by atoms with Crippen molar-refractivity contribution in [3.05, 3.63) is 52.1 Å². The number of hydrogen-bond donors (Lipinski definition) is 27. The van der Waals surface area contributed by atoms with Gasteiger partial charge in [0, 0.05) is 37.2 Å². The van der Waals surface area contributed by atoms with Gasteiger partial charge in [0.2, 0.25) is 17.8 Å². The number of nitrogens with one attached hydrogen (secondary N) is 5. The number of fused-ring (bicyclic) bond motifs is 1. The molecule has 0 unspecified atom stereocenters. The van der Waals surface area contributed by atoms with Crippen molar-refractivity contribution in [2.24, 2.45) is 0 Å². The first-order chi connectivity index (χ1) is 55.4. The number of aromatic amines is 1. The minimum atomic E-state index is -2.33. The van der Waals surface area contributed by atoms with Gasteiger partial charge in [-0.3, -0.25) is 24.2 Å². The number of ether oxygens (including phenoxy) is 14. The van der Waals surface area contributed by atoms with Crippen LogP contribution >= 0.6 is 0 Å². The molecule has 0 radical (unpaired) electrons. The Kier molecular flexibility index (Phi) is 31.4. The van der Waals surface area contributed by atoms with Crippen LogP contribution < -0.4 is 32.6 Å². The Bertz CT molecular complexity index is 3750. The lowest BCUT2D eigenvalue weighted by Gasteiger charge is -2.50. The van der Waals surface area contributed by atoms with E-state index in [1.54, 1.807) is 12.1 Å². The SMILES string of the molecule is Nc1nc2ncc(CNc3ccc(C(=O)N[C@@H](CCC(=O)NCCCCCC(=O)NC[C@H]4O[C@@H]5O[C@H]6[C@H](O)[C@@H](O)[C@@H](O[C@H]7[C@H](O)[C@@H](O)[C@@H](O[C@H]8[C@H](O)[C@@H](O)[C@@H](O[C@H]9[C@H](O)[C@@H](O)[C@@H](O[C@H]%10[C@H](O)[C@@H](O)[C@@H](O[C@H]%11[C@H](O)[C@@H](O)[C@@H](O[C@H]4[C@H](O)[C@H]5O)O[C@@H]%11CO)O[C@@H]%10CO)O[C@@H]9CO)O[C@@H]8CO)O[C@@H]7CO)O[C@@H]6CO)C(=O)O)cc3)nc2c(=O)[nH]1. The number of carbonyl (C=O) groups is 4. The van der Waals surface area contributed by atoms with Crippen molar-refractivity contribution in [2.75, 3.05) is 63.8 Å². The second-order valence-corrected chi connectivity index (χ2v) is 28.8. The molecule has 0 aliphatic carbocycles. The number of amides is 3. The molecule has 14 bridgehead atoms. The van der Waals surface area contributed by atoms with Crippen LogP contribution in [0.1, 0.15) is 54.6 Å². The number of aliphatic hydroxyl groups is 20. The summed E-state index contributed by atoms with van der Waals surface area (Å²) < 4.78 is 81.4. The van der Waals surface area contributed by atoms with E-state index in [9.17, 15) is 131 Å². The van der Waals surface area contributed by atoms with Crippen molar-refractivity contribution in [1.82, 2.24) is 35.9 Å². The first-order valence-electron chi connectivity index (χ1n) is 37.2. The minimum absolute atomic E-state index is 0.0230. The number of H-pyrrole nitrogens is 1. The van der Waals surface area contributed by atoms with E-state index in [0.29, 0.717) is 17.8 Å². The molecule has 116 heavy (non-hydrogen) atoms. The summed E-state index contributed by atoms with van der Waals surface area (Å²) in [4.78, 5) is 78.7. The van der Waals surface area contributed by atoms with Crippen molar-refractivity contribution in [3.63, 3.8) is 0 Å². The summed E-state index contributed by atoms with van der Waals surface area (Å²) in [6.45, 7) is -7.14. The molecule has 24 rings (SSSR count). The van der Waals surface area contributed by atoms with Crippen molar-refractivity contribution >= 4 is 46.5 Å². The van der Waals surface area contributed by atoms with Crippen LogP contribution in [0.25, 0.3) is 11.2 Å². The summed E-state index contributed by atoms with van der Waals surface area (Å²) >= 11 is 0. The minimum Gasteiger partial charge on any atom is -0.480 e. The first kappa shape index (κ1) is 90.3. The molecule has 652 valence electrons. The molecule has 49 heteroatoms. The van der Waals surface area contributed by atoms with Gasteiger partial charge in [0.15, 0.2) is 55.2 Å². The summed E-state index contributed by atoms with van der Waals surface area (Å²) in [5.74, 6) is -3.55. The molecule has 49 nitrogen and oxygen atoms in total. The largest absolute Gasteiger partial charge is 0.480 e. The van der Waals surface area contributed by atoms with Gasteiger partial charge in [-0.25, -0.2) is 14.8 Å². The highest BCUT2D eigenvalue weighted by Crippen LogP contribution is 2.39. The van der Waals surface area contributed by atoms with E-state index in [0.717, 1.165) is 0 Å². The summed E-state index contributed by atoms with van der Waals surface area (Å²) in [5, 5.41) is 246. The van der Waals surface area contributed by atoms with Gasteiger partial charge >= 0.3 is 5.97 Å². The first-order valence-corrected chi connectivity index (χ1v) is 37.2. The van der Waals surface area contributed by atoms with Gasteiger partial charge in [-0.2, -0.15) is 4.98 Å². The number of aliphatic hydroxyl groups excluding tert-OH is 20. The smallest absolute Gasteiger partial charge is 0.326 e. The van der Waals surface area contributed by atoms with Crippen molar-refractivity contribution < 1.29 is 193 Å². The van der Waals surface area contributed by atoms with Crippen LogP contribution in [0.15, 0.2) is 35.3 Å². The number of anilines is 2. The van der Waals surface area contributed by atoms with Crippen LogP contribution in [-0.2, 0) is 87.2 Å². The molecule has 23 heterocycles. The monoisotopic (exact) mass is 1670 g/mol. The van der Waals surface area contributed by atoms with Gasteiger partial charge in [0.05, 0.1) is 58.1 Å². The number of nitrogens with zero attached hydrogens (tertiary/aromatic N) is 3. The van der Waals surface area contributed by atoms with Crippen LogP contribution in [0.5, 0.6) is 0 Å². The standard InChI is InChI=1S/C67H99N9O40/c68-67-75-56-34(58(100)76-67)73-23(13-72-56)12-70-22-7-5-21(6-8-22)57(99)74-24(59(101)102)9-10-33(84)69-11-3-1-2-4-32(83)71-14-25-49-35(85)42(92)60(103-25)111-50-26(15-77)105-62(44(94)37(50)87)113-52-28(17-79)107-64(46(96)39(52)89)115-54-30(19-81)109-66(48(98)41(54)91)116-55-31(20-82)108-65(47(97)40(55)90)114-53-29(18-80)106-63(45(95)38(53)88)112-51-27(16-78)104-61(110-49)43(93)36(51)86/h5-8,13,24-31,35-55,60-66,70,77-82,85-98H,1-4,9-12,14-20H2,(H,69,84)(H,71,83)(H,74,99)(H,101,102)(H3,68,72,75,76,100)/t24-,25+,26+,27+,28+,29+,30+,31+,35+,36+,37+,38+,39+,40+,41+,42+,43+,44+,45+,46+,47+,48+,49+,50+,51+,52+,53+,54+,55+,60+,61+,62+,63+,64+,65+,66+/m0/s1. The molecular formula is C67H99N9O40. The number of carboxylic acid groups (broad SMARTS) is 1. The van der Waals surface area contributed by atoms with E-state index in [1.165, 1.54) is 18.3 Å². The predicted molar refractivity (Wildman–Crippen MR) is 370 cm³/mol.